The van der Waals surface area contributed by atoms with Gasteiger partial charge in [-0.1, -0.05) is 12.1 Å². The average Bonchev–Trinajstić information content (AvgIpc) is 3.32. The van der Waals surface area contributed by atoms with E-state index < -0.39 is 29.0 Å². The number of imidazole rings is 1. The maximum absolute atomic E-state index is 13.6. The van der Waals surface area contributed by atoms with Crippen LogP contribution in [0.15, 0.2) is 72.2 Å². The summed E-state index contributed by atoms with van der Waals surface area (Å²) in [4.78, 5) is 28.2. The molecule has 1 N–H and O–H groups in total. The number of anilines is 1. The number of hydrogen-bond acceptors (Lipinski definition) is 5. The summed E-state index contributed by atoms with van der Waals surface area (Å²) in [5, 5.41) is 6.74. The zero-order valence-corrected chi connectivity index (χ0v) is 17.6. The second-order valence-electron chi connectivity index (χ2n) is 7.23. The third-order valence-corrected chi connectivity index (χ3v) is 4.80. The van der Waals surface area contributed by atoms with Crippen LogP contribution in [0, 0.1) is 17.5 Å². The number of aromatic nitrogens is 4. The number of nitrogens with one attached hydrogen (secondary N) is 1. The minimum absolute atomic E-state index is 0.0773. The fraction of sp³-hybridized carbons (Fsp3) is 0.130. The van der Waals surface area contributed by atoms with Gasteiger partial charge in [0.2, 0.25) is 5.43 Å². The van der Waals surface area contributed by atoms with E-state index in [0.29, 0.717) is 17.8 Å². The highest BCUT2D eigenvalue weighted by atomic mass is 19.2. The Kier molecular flexibility index (Phi) is 6.72. The number of nitrogens with zero attached hydrogens (tertiary/aromatic N) is 4. The van der Waals surface area contributed by atoms with Gasteiger partial charge in [-0.05, 0) is 17.7 Å². The van der Waals surface area contributed by atoms with E-state index in [1.807, 2.05) is 0 Å². The maximum atomic E-state index is 13.6. The molecule has 2 aromatic heterocycles. The van der Waals surface area contributed by atoms with E-state index >= 15 is 0 Å². The molecule has 4 rings (SSSR count). The Morgan fingerprint density at radius 3 is 2.59 bits per heavy atom. The van der Waals surface area contributed by atoms with Crippen molar-refractivity contribution in [1.82, 2.24) is 19.3 Å². The van der Waals surface area contributed by atoms with Gasteiger partial charge in [-0.15, -0.1) is 0 Å². The normalized spacial score (nSPS) is 10.8. The molecule has 0 saturated heterocycles. The molecular weight excluding hydrogens is 451 g/mol. The van der Waals surface area contributed by atoms with Gasteiger partial charge in [-0.3, -0.25) is 10.1 Å². The third kappa shape index (κ3) is 5.49. The molecule has 0 fully saturated rings. The van der Waals surface area contributed by atoms with E-state index in [1.54, 1.807) is 47.6 Å². The van der Waals surface area contributed by atoms with Crippen molar-refractivity contribution in [1.29, 1.82) is 0 Å². The lowest BCUT2D eigenvalue weighted by atomic mass is 10.1. The summed E-state index contributed by atoms with van der Waals surface area (Å²) >= 11 is 0. The molecule has 4 aromatic rings. The van der Waals surface area contributed by atoms with Crippen molar-refractivity contribution in [2.24, 2.45) is 0 Å². The Bertz CT molecular complexity index is 1350. The van der Waals surface area contributed by atoms with Gasteiger partial charge in [0.05, 0.1) is 18.6 Å². The molecule has 174 valence electrons. The van der Waals surface area contributed by atoms with Gasteiger partial charge in [-0.2, -0.15) is 5.10 Å². The van der Waals surface area contributed by atoms with Crippen molar-refractivity contribution in [3.63, 3.8) is 0 Å². The highest BCUT2D eigenvalue weighted by molar-refractivity contribution is 5.84. The number of carbonyl (C=O) groups is 1. The maximum Gasteiger partial charge on any atom is 0.411 e. The van der Waals surface area contributed by atoms with Crippen LogP contribution < -0.4 is 10.7 Å². The zero-order valence-electron chi connectivity index (χ0n) is 17.6. The highest BCUT2D eigenvalue weighted by Crippen LogP contribution is 2.17. The Morgan fingerprint density at radius 2 is 1.85 bits per heavy atom. The molecule has 1 amide bonds. The van der Waals surface area contributed by atoms with E-state index in [1.165, 1.54) is 12.3 Å². The van der Waals surface area contributed by atoms with Crippen LogP contribution in [0.3, 0.4) is 0 Å². The second kappa shape index (κ2) is 10.0. The van der Waals surface area contributed by atoms with Gasteiger partial charge >= 0.3 is 6.09 Å². The fourth-order valence-corrected chi connectivity index (χ4v) is 3.16. The van der Waals surface area contributed by atoms with Crippen LogP contribution in [-0.4, -0.2) is 32.0 Å². The first-order chi connectivity index (χ1) is 16.4. The largest absolute Gasteiger partial charge is 0.447 e. The van der Waals surface area contributed by atoms with Crippen molar-refractivity contribution in [2.75, 3.05) is 11.9 Å². The summed E-state index contributed by atoms with van der Waals surface area (Å²) in [6.45, 7) is 0.612. The minimum Gasteiger partial charge on any atom is -0.447 e. The van der Waals surface area contributed by atoms with Gasteiger partial charge in [0, 0.05) is 48.9 Å². The molecule has 0 aliphatic rings. The number of rotatable bonds is 7. The Morgan fingerprint density at radius 1 is 1.06 bits per heavy atom. The van der Waals surface area contributed by atoms with Gasteiger partial charge in [0.15, 0.2) is 17.5 Å². The quantitative estimate of drug-likeness (QED) is 0.417. The summed E-state index contributed by atoms with van der Waals surface area (Å²) < 4.78 is 48.4. The molecule has 0 saturated carbocycles. The Hall–Kier alpha value is -4.41. The predicted octanol–water partition coefficient (Wildman–Crippen LogP) is 3.69. The molecule has 8 nitrogen and oxygen atoms in total. The molecule has 0 aliphatic heterocycles. The summed E-state index contributed by atoms with van der Waals surface area (Å²) in [6.07, 6.45) is 5.65. The van der Waals surface area contributed by atoms with Crippen LogP contribution in [0.25, 0.3) is 5.69 Å². The van der Waals surface area contributed by atoms with E-state index in [-0.39, 0.29) is 24.4 Å². The van der Waals surface area contributed by atoms with Crippen LogP contribution in [0.2, 0.25) is 0 Å². The number of halogens is 3. The van der Waals surface area contributed by atoms with Crippen molar-refractivity contribution < 1.29 is 22.7 Å². The highest BCUT2D eigenvalue weighted by Gasteiger charge is 2.13. The zero-order chi connectivity index (χ0) is 24.1. The molecule has 0 unspecified atom stereocenters. The van der Waals surface area contributed by atoms with Crippen LogP contribution >= 0.6 is 0 Å². The number of benzene rings is 2. The van der Waals surface area contributed by atoms with Gasteiger partial charge in [-0.25, -0.2) is 27.6 Å². The number of hydrogen-bond donors (Lipinski definition) is 1. The predicted molar refractivity (Wildman–Crippen MR) is 116 cm³/mol. The van der Waals surface area contributed by atoms with Crippen molar-refractivity contribution in [3.05, 3.63) is 106 Å². The molecule has 0 atom stereocenters. The standard InChI is InChI=1S/C23H18F3N5O3/c24-18-12-17(13-19(25)22(18)26)31-6-4-21(32)20(29-31)11-15-2-1-3-16(10-15)28-23(33)34-9-8-30-7-5-27-14-30/h1-7,10,12-14H,8-9,11H2,(H,28,33). The van der Waals surface area contributed by atoms with Gasteiger partial charge in [0.25, 0.3) is 0 Å². The van der Waals surface area contributed by atoms with Crippen molar-refractivity contribution >= 4 is 11.8 Å². The lowest BCUT2D eigenvalue weighted by molar-refractivity contribution is 0.157. The summed E-state index contributed by atoms with van der Waals surface area (Å²) in [6, 6.07) is 9.47. The molecular formula is C23H18F3N5O3. The lowest BCUT2D eigenvalue weighted by Crippen LogP contribution is -2.17. The first-order valence-electron chi connectivity index (χ1n) is 10.1. The minimum atomic E-state index is -1.59. The topological polar surface area (TPSA) is 91.0 Å². The summed E-state index contributed by atoms with van der Waals surface area (Å²) in [5.74, 6) is -4.32. The summed E-state index contributed by atoms with van der Waals surface area (Å²) in [5.41, 5.74) is 0.717. The van der Waals surface area contributed by atoms with Crippen LogP contribution in [0.5, 0.6) is 0 Å². The summed E-state index contributed by atoms with van der Waals surface area (Å²) in [7, 11) is 0. The molecule has 34 heavy (non-hydrogen) atoms. The third-order valence-electron chi connectivity index (χ3n) is 4.80. The Labute approximate surface area is 191 Å². The number of amides is 1. The van der Waals surface area contributed by atoms with E-state index in [2.05, 4.69) is 15.4 Å². The molecule has 2 aromatic carbocycles. The Balaban J connectivity index is 1.45. The molecule has 0 bridgehead atoms. The molecule has 11 heteroatoms. The first kappa shape index (κ1) is 22.8. The molecule has 0 spiro atoms. The molecule has 0 aliphatic carbocycles. The van der Waals surface area contributed by atoms with E-state index in [4.69, 9.17) is 4.74 Å². The molecule has 0 radical (unpaired) electrons. The monoisotopic (exact) mass is 469 g/mol. The number of ether oxygens (including phenoxy) is 1. The van der Waals surface area contributed by atoms with E-state index in [0.717, 1.165) is 16.8 Å². The SMILES string of the molecule is O=C(Nc1cccc(Cc2nn(-c3cc(F)c(F)c(F)c3)ccc2=O)c1)OCCn1ccnc1. The smallest absolute Gasteiger partial charge is 0.411 e. The first-order valence-corrected chi connectivity index (χ1v) is 10.1. The lowest BCUT2D eigenvalue weighted by Gasteiger charge is -2.10. The van der Waals surface area contributed by atoms with Crippen LogP contribution in [-0.2, 0) is 17.7 Å². The number of carbonyl (C=O) groups excluding carboxylic acids is 1. The average molecular weight is 469 g/mol. The van der Waals surface area contributed by atoms with Crippen LogP contribution in [0.4, 0.5) is 23.7 Å². The second-order valence-corrected chi connectivity index (χ2v) is 7.23. The fourth-order valence-electron chi connectivity index (χ4n) is 3.16. The van der Waals surface area contributed by atoms with E-state index in [9.17, 15) is 22.8 Å². The molecule has 2 heterocycles. The van der Waals surface area contributed by atoms with Crippen molar-refractivity contribution in [2.45, 2.75) is 13.0 Å². The van der Waals surface area contributed by atoms with Gasteiger partial charge in [0.1, 0.15) is 12.3 Å². The van der Waals surface area contributed by atoms with Gasteiger partial charge < -0.3 is 9.30 Å². The van der Waals surface area contributed by atoms with Crippen LogP contribution in [0.1, 0.15) is 11.3 Å². The van der Waals surface area contributed by atoms with Crippen molar-refractivity contribution in [3.8, 4) is 5.69 Å².